The van der Waals surface area contributed by atoms with E-state index in [2.05, 4.69) is 42.0 Å². The van der Waals surface area contributed by atoms with Gasteiger partial charge in [-0.15, -0.1) is 11.3 Å². The number of carboxylic acid groups (broad SMARTS) is 1. The van der Waals surface area contributed by atoms with Crippen molar-refractivity contribution in [3.63, 3.8) is 0 Å². The van der Waals surface area contributed by atoms with E-state index < -0.39 is 12.6 Å². The van der Waals surface area contributed by atoms with Crippen LogP contribution in [-0.4, -0.2) is 29.8 Å². The summed E-state index contributed by atoms with van der Waals surface area (Å²) in [5.74, 6) is 0.492. The number of hydrogen-bond donors (Lipinski definition) is 2. The summed E-state index contributed by atoms with van der Waals surface area (Å²) in [5, 5.41) is 12.5. The van der Waals surface area contributed by atoms with Crippen LogP contribution in [-0.2, 0) is 24.2 Å². The standard InChI is InChI=1S/C27H29BrN2O5S/c1-27(2,3)17-7-8-19-22(12-17)36-26(24(19)25(33)29-14-18-5-4-10-34-18)30-13-16-6-9-21(20(28)11-16)35-15-23(31)32/h4-6,9-11,13,17H,7-8,12,14-15H2,1-3H3,(H,29,33)(H,31,32)/t17-/m0/s1. The second-order valence-corrected chi connectivity index (χ2v) is 11.8. The third kappa shape index (κ3) is 6.25. The Bertz CT molecular complexity index is 1270. The number of nitrogens with zero attached hydrogens (tertiary/aromatic N) is 1. The Kier molecular flexibility index (Phi) is 8.00. The zero-order valence-electron chi connectivity index (χ0n) is 20.5. The topological polar surface area (TPSA) is 101 Å². The van der Waals surface area contributed by atoms with Crippen LogP contribution in [0.15, 0.2) is 50.5 Å². The Morgan fingerprint density at radius 1 is 1.33 bits per heavy atom. The van der Waals surface area contributed by atoms with E-state index >= 15 is 0 Å². The number of hydrogen-bond acceptors (Lipinski definition) is 6. The number of ether oxygens (including phenoxy) is 1. The Morgan fingerprint density at radius 3 is 2.81 bits per heavy atom. The average Bonchev–Trinajstić information content (AvgIpc) is 3.47. The normalized spacial score (nSPS) is 15.6. The fourth-order valence-corrected chi connectivity index (χ4v) is 6.07. The molecule has 2 aromatic heterocycles. The summed E-state index contributed by atoms with van der Waals surface area (Å²) >= 11 is 5.01. The molecule has 0 radical (unpaired) electrons. The van der Waals surface area contributed by atoms with Crippen molar-refractivity contribution in [3.05, 3.63) is 68.4 Å². The largest absolute Gasteiger partial charge is 0.481 e. The van der Waals surface area contributed by atoms with Crippen molar-refractivity contribution < 1.29 is 23.8 Å². The third-order valence-corrected chi connectivity index (χ3v) is 8.12. The molecule has 0 fully saturated rings. The molecule has 0 saturated heterocycles. The van der Waals surface area contributed by atoms with E-state index in [1.54, 1.807) is 48.1 Å². The van der Waals surface area contributed by atoms with Gasteiger partial charge in [-0.2, -0.15) is 0 Å². The molecule has 1 atom stereocenters. The van der Waals surface area contributed by atoms with E-state index in [0.29, 0.717) is 39.0 Å². The summed E-state index contributed by atoms with van der Waals surface area (Å²) in [6, 6.07) is 8.93. The van der Waals surface area contributed by atoms with E-state index in [-0.39, 0.29) is 11.3 Å². The number of halogens is 1. The van der Waals surface area contributed by atoms with Crippen LogP contribution in [0.1, 0.15) is 59.3 Å². The van der Waals surface area contributed by atoms with Crippen LogP contribution >= 0.6 is 27.3 Å². The molecule has 7 nitrogen and oxygen atoms in total. The molecule has 1 aliphatic carbocycles. The molecule has 3 aromatic rings. The maximum Gasteiger partial charge on any atom is 0.341 e. The first kappa shape index (κ1) is 26.2. The quantitative estimate of drug-likeness (QED) is 0.304. The first-order valence-corrected chi connectivity index (χ1v) is 13.4. The number of thiophene rings is 1. The predicted octanol–water partition coefficient (Wildman–Crippen LogP) is 6.40. The Balaban J connectivity index is 1.61. The number of furan rings is 1. The van der Waals surface area contributed by atoms with E-state index in [0.717, 1.165) is 30.4 Å². The maximum absolute atomic E-state index is 13.3. The number of carbonyl (C=O) groups is 2. The molecule has 0 spiro atoms. The molecular formula is C27H29BrN2O5S. The van der Waals surface area contributed by atoms with E-state index in [1.807, 2.05) is 6.07 Å². The SMILES string of the molecule is CC(C)(C)[C@H]1CCc2c(sc(N=Cc3ccc(OCC(=O)O)c(Br)c3)c2C(=O)NCc2ccco2)C1. The monoisotopic (exact) mass is 572 g/mol. The van der Waals surface area contributed by atoms with Gasteiger partial charge < -0.3 is 19.6 Å². The minimum atomic E-state index is -1.04. The van der Waals surface area contributed by atoms with Gasteiger partial charge >= 0.3 is 5.97 Å². The van der Waals surface area contributed by atoms with Crippen molar-refractivity contribution in [1.29, 1.82) is 0 Å². The highest BCUT2D eigenvalue weighted by Crippen LogP contribution is 2.45. The number of rotatable bonds is 8. The van der Waals surface area contributed by atoms with Gasteiger partial charge in [0.05, 0.1) is 22.8 Å². The van der Waals surface area contributed by atoms with Gasteiger partial charge in [0, 0.05) is 11.1 Å². The summed E-state index contributed by atoms with van der Waals surface area (Å²) in [6.07, 6.45) is 6.15. The number of nitrogens with one attached hydrogen (secondary N) is 1. The van der Waals surface area contributed by atoms with Gasteiger partial charge in [0.25, 0.3) is 5.91 Å². The lowest BCUT2D eigenvalue weighted by molar-refractivity contribution is -0.139. The molecule has 190 valence electrons. The lowest BCUT2D eigenvalue weighted by Crippen LogP contribution is -2.28. The van der Waals surface area contributed by atoms with Gasteiger partial charge in [-0.1, -0.05) is 20.8 Å². The van der Waals surface area contributed by atoms with Crippen molar-refractivity contribution in [1.82, 2.24) is 5.32 Å². The van der Waals surface area contributed by atoms with Gasteiger partial charge in [-0.05, 0) is 88.0 Å². The van der Waals surface area contributed by atoms with Crippen molar-refractivity contribution >= 4 is 50.4 Å². The molecule has 0 aliphatic heterocycles. The molecule has 1 aliphatic rings. The van der Waals surface area contributed by atoms with Crippen molar-refractivity contribution in [2.45, 2.75) is 46.6 Å². The number of carboxylic acids is 1. The second kappa shape index (κ2) is 11.0. The molecule has 1 amide bonds. The van der Waals surface area contributed by atoms with Crippen LogP contribution in [0.3, 0.4) is 0 Å². The minimum absolute atomic E-state index is 0.149. The molecule has 0 unspecified atom stereocenters. The van der Waals surface area contributed by atoms with Gasteiger partial charge in [0.1, 0.15) is 16.5 Å². The first-order valence-electron chi connectivity index (χ1n) is 11.7. The predicted molar refractivity (Wildman–Crippen MR) is 144 cm³/mol. The summed E-state index contributed by atoms with van der Waals surface area (Å²) < 4.78 is 11.3. The number of carbonyl (C=O) groups excluding carboxylic acids is 1. The fraction of sp³-hybridized carbons (Fsp3) is 0.370. The van der Waals surface area contributed by atoms with Crippen molar-refractivity contribution in [3.8, 4) is 5.75 Å². The smallest absolute Gasteiger partial charge is 0.341 e. The van der Waals surface area contributed by atoms with Gasteiger partial charge in [-0.3, -0.25) is 4.79 Å². The number of aliphatic carboxylic acids is 1. The maximum atomic E-state index is 13.3. The molecule has 2 heterocycles. The van der Waals surface area contributed by atoms with Crippen LogP contribution < -0.4 is 10.1 Å². The summed E-state index contributed by atoms with van der Waals surface area (Å²) in [4.78, 5) is 30.1. The average molecular weight is 574 g/mol. The molecule has 4 rings (SSSR count). The molecule has 0 bridgehead atoms. The van der Waals surface area contributed by atoms with E-state index in [9.17, 15) is 9.59 Å². The number of benzene rings is 1. The van der Waals surface area contributed by atoms with Crippen LogP contribution in [0.5, 0.6) is 5.75 Å². The number of fused-ring (bicyclic) bond motifs is 1. The van der Waals surface area contributed by atoms with Crippen LogP contribution in [0.2, 0.25) is 0 Å². The Labute approximate surface area is 222 Å². The molecule has 36 heavy (non-hydrogen) atoms. The summed E-state index contributed by atoms with van der Waals surface area (Å²) in [6.45, 7) is 6.71. The third-order valence-electron chi connectivity index (χ3n) is 6.34. The first-order chi connectivity index (χ1) is 17.1. The lowest BCUT2D eigenvalue weighted by atomic mass is 9.72. The highest BCUT2D eigenvalue weighted by atomic mass is 79.9. The lowest BCUT2D eigenvalue weighted by Gasteiger charge is -2.33. The van der Waals surface area contributed by atoms with Crippen LogP contribution in [0.25, 0.3) is 0 Å². The van der Waals surface area contributed by atoms with E-state index in [4.69, 9.17) is 19.3 Å². The highest BCUT2D eigenvalue weighted by Gasteiger charge is 2.33. The highest BCUT2D eigenvalue weighted by molar-refractivity contribution is 9.10. The summed E-state index contributed by atoms with van der Waals surface area (Å²) in [5.41, 5.74) is 2.74. The Hall–Kier alpha value is -2.91. The fourth-order valence-electron chi connectivity index (χ4n) is 4.29. The van der Waals surface area contributed by atoms with Crippen molar-refractivity contribution in [2.75, 3.05) is 6.61 Å². The molecule has 9 heteroatoms. The van der Waals surface area contributed by atoms with Gasteiger partial charge in [-0.25, -0.2) is 9.79 Å². The molecular weight excluding hydrogens is 544 g/mol. The van der Waals surface area contributed by atoms with E-state index in [1.165, 1.54) is 4.88 Å². The minimum Gasteiger partial charge on any atom is -0.481 e. The van der Waals surface area contributed by atoms with Crippen LogP contribution in [0.4, 0.5) is 5.00 Å². The molecule has 0 saturated carbocycles. The zero-order chi connectivity index (χ0) is 25.9. The Morgan fingerprint density at radius 2 is 2.14 bits per heavy atom. The zero-order valence-corrected chi connectivity index (χ0v) is 22.9. The van der Waals surface area contributed by atoms with Gasteiger partial charge in [0.15, 0.2) is 6.61 Å². The summed E-state index contributed by atoms with van der Waals surface area (Å²) in [7, 11) is 0. The number of aliphatic imine (C=N–C) groups is 1. The van der Waals surface area contributed by atoms with Gasteiger partial charge in [0.2, 0.25) is 0 Å². The molecule has 1 aromatic carbocycles. The van der Waals surface area contributed by atoms with Crippen LogP contribution in [0, 0.1) is 11.3 Å². The van der Waals surface area contributed by atoms with Crippen molar-refractivity contribution in [2.24, 2.45) is 16.3 Å². The molecule has 2 N–H and O–H groups in total. The number of amides is 1. The second-order valence-electron chi connectivity index (χ2n) is 9.88.